The summed E-state index contributed by atoms with van der Waals surface area (Å²) in [5, 5.41) is 0. The van der Waals surface area contributed by atoms with Crippen molar-refractivity contribution >= 4 is 11.8 Å². The lowest BCUT2D eigenvalue weighted by atomic mass is 9.88. The van der Waals surface area contributed by atoms with Crippen molar-refractivity contribution in [1.29, 1.82) is 0 Å². The van der Waals surface area contributed by atoms with Crippen molar-refractivity contribution in [2.24, 2.45) is 5.92 Å². The van der Waals surface area contributed by atoms with Gasteiger partial charge < -0.3 is 9.80 Å². The Morgan fingerprint density at radius 3 is 2.09 bits per heavy atom. The Kier molecular flexibility index (Phi) is 6.68. The molecular formula is C17H31N3O2. The van der Waals surface area contributed by atoms with Crippen LogP contribution in [0.5, 0.6) is 0 Å². The molecule has 2 rings (SSSR count). The summed E-state index contributed by atoms with van der Waals surface area (Å²) in [7, 11) is 0. The van der Waals surface area contributed by atoms with Gasteiger partial charge in [-0.05, 0) is 26.7 Å². The third-order valence-electron chi connectivity index (χ3n) is 5.11. The summed E-state index contributed by atoms with van der Waals surface area (Å²) < 4.78 is 0. The number of nitrogens with zero attached hydrogens (tertiary/aromatic N) is 3. The van der Waals surface area contributed by atoms with Crippen molar-refractivity contribution in [3.8, 4) is 0 Å². The zero-order valence-electron chi connectivity index (χ0n) is 14.2. The van der Waals surface area contributed by atoms with Crippen molar-refractivity contribution in [2.75, 3.05) is 45.8 Å². The molecule has 22 heavy (non-hydrogen) atoms. The van der Waals surface area contributed by atoms with Crippen LogP contribution in [0.4, 0.5) is 0 Å². The molecule has 2 aliphatic rings. The maximum absolute atomic E-state index is 12.5. The minimum absolute atomic E-state index is 0.206. The van der Waals surface area contributed by atoms with Crippen LogP contribution in [0.1, 0.15) is 46.0 Å². The quantitative estimate of drug-likeness (QED) is 0.774. The van der Waals surface area contributed by atoms with Crippen LogP contribution in [0.2, 0.25) is 0 Å². The lowest BCUT2D eigenvalue weighted by molar-refractivity contribution is -0.139. The molecule has 5 nitrogen and oxygen atoms in total. The van der Waals surface area contributed by atoms with Crippen LogP contribution in [0.15, 0.2) is 0 Å². The normalized spacial score (nSPS) is 20.9. The molecule has 1 aliphatic carbocycles. The number of likely N-dealkylation sites (N-methyl/N-ethyl adjacent to an activating group) is 1. The summed E-state index contributed by atoms with van der Waals surface area (Å²) >= 11 is 0. The molecule has 126 valence electrons. The molecule has 0 N–H and O–H groups in total. The van der Waals surface area contributed by atoms with E-state index in [4.69, 9.17) is 0 Å². The minimum atomic E-state index is 0.206. The second kappa shape index (κ2) is 8.51. The summed E-state index contributed by atoms with van der Waals surface area (Å²) in [6, 6.07) is 0. The van der Waals surface area contributed by atoms with E-state index < -0.39 is 0 Å². The van der Waals surface area contributed by atoms with Gasteiger partial charge in [-0.3, -0.25) is 14.5 Å². The molecule has 0 radical (unpaired) electrons. The molecular weight excluding hydrogens is 278 g/mol. The Labute approximate surface area is 134 Å². The molecule has 0 aromatic heterocycles. The highest BCUT2D eigenvalue weighted by atomic mass is 16.2. The maximum atomic E-state index is 12.5. The fourth-order valence-electron chi connectivity index (χ4n) is 3.60. The Morgan fingerprint density at radius 1 is 0.955 bits per heavy atom. The smallest absolute Gasteiger partial charge is 0.236 e. The second-order valence-corrected chi connectivity index (χ2v) is 6.50. The number of carbonyl (C=O) groups excluding carboxylic acids is 2. The first-order chi connectivity index (χ1) is 10.7. The van der Waals surface area contributed by atoms with E-state index in [1.807, 2.05) is 23.6 Å². The first-order valence-corrected chi connectivity index (χ1v) is 8.94. The number of carbonyl (C=O) groups is 2. The van der Waals surface area contributed by atoms with E-state index in [1.165, 1.54) is 19.3 Å². The van der Waals surface area contributed by atoms with E-state index in [1.54, 1.807) is 0 Å². The minimum Gasteiger partial charge on any atom is -0.342 e. The fraction of sp³-hybridized carbons (Fsp3) is 0.882. The SMILES string of the molecule is CCN(CC)C(=O)CN1CCN(C(=O)C2CCCCC2)CC1. The average molecular weight is 309 g/mol. The van der Waals surface area contributed by atoms with E-state index in [9.17, 15) is 9.59 Å². The van der Waals surface area contributed by atoms with Crippen LogP contribution >= 0.6 is 0 Å². The van der Waals surface area contributed by atoms with Gasteiger partial charge in [0.25, 0.3) is 0 Å². The predicted molar refractivity (Wildman–Crippen MR) is 87.5 cm³/mol. The third-order valence-corrected chi connectivity index (χ3v) is 5.11. The third kappa shape index (κ3) is 4.45. The maximum Gasteiger partial charge on any atom is 0.236 e. The fourth-order valence-corrected chi connectivity index (χ4v) is 3.60. The summed E-state index contributed by atoms with van der Waals surface area (Å²) in [4.78, 5) is 30.7. The van der Waals surface area contributed by atoms with Crippen molar-refractivity contribution in [3.05, 3.63) is 0 Å². The van der Waals surface area contributed by atoms with Crippen molar-refractivity contribution in [1.82, 2.24) is 14.7 Å². The first-order valence-electron chi connectivity index (χ1n) is 8.94. The van der Waals surface area contributed by atoms with E-state index in [0.717, 1.165) is 52.1 Å². The molecule has 0 unspecified atom stereocenters. The van der Waals surface area contributed by atoms with E-state index in [2.05, 4.69) is 4.90 Å². The lowest BCUT2D eigenvalue weighted by Crippen LogP contribution is -2.52. The summed E-state index contributed by atoms with van der Waals surface area (Å²) in [6.07, 6.45) is 5.83. The number of amides is 2. The van der Waals surface area contributed by atoms with E-state index in [0.29, 0.717) is 12.5 Å². The molecule has 0 aromatic rings. The van der Waals surface area contributed by atoms with Gasteiger partial charge in [0.05, 0.1) is 6.54 Å². The van der Waals surface area contributed by atoms with Crippen LogP contribution in [0.3, 0.4) is 0 Å². The van der Waals surface area contributed by atoms with Gasteiger partial charge in [-0.2, -0.15) is 0 Å². The van der Waals surface area contributed by atoms with E-state index in [-0.39, 0.29) is 11.8 Å². The topological polar surface area (TPSA) is 43.9 Å². The monoisotopic (exact) mass is 309 g/mol. The van der Waals surface area contributed by atoms with Crippen LogP contribution in [0, 0.1) is 5.92 Å². The average Bonchev–Trinajstić information content (AvgIpc) is 2.57. The molecule has 0 aromatic carbocycles. The van der Waals surface area contributed by atoms with Gasteiger partial charge in [-0.15, -0.1) is 0 Å². The molecule has 0 atom stereocenters. The Bertz CT molecular complexity index is 368. The molecule has 1 saturated carbocycles. The van der Waals surface area contributed by atoms with Crippen molar-refractivity contribution in [3.63, 3.8) is 0 Å². The van der Waals surface area contributed by atoms with Crippen molar-refractivity contribution < 1.29 is 9.59 Å². The number of hydrogen-bond acceptors (Lipinski definition) is 3. The molecule has 5 heteroatoms. The van der Waals surface area contributed by atoms with Gasteiger partial charge in [-0.25, -0.2) is 0 Å². The number of rotatable bonds is 5. The molecule has 1 aliphatic heterocycles. The Morgan fingerprint density at radius 2 is 1.55 bits per heavy atom. The molecule has 2 fully saturated rings. The predicted octanol–water partition coefficient (Wildman–Crippen LogP) is 1.58. The molecule has 0 bridgehead atoms. The van der Waals surface area contributed by atoms with Crippen LogP contribution in [-0.4, -0.2) is 72.3 Å². The highest BCUT2D eigenvalue weighted by Crippen LogP contribution is 2.25. The summed E-state index contributed by atoms with van der Waals surface area (Å²) in [5.74, 6) is 0.823. The van der Waals surface area contributed by atoms with Gasteiger partial charge in [0.15, 0.2) is 0 Å². The van der Waals surface area contributed by atoms with Crippen LogP contribution < -0.4 is 0 Å². The van der Waals surface area contributed by atoms with Crippen molar-refractivity contribution in [2.45, 2.75) is 46.0 Å². The Balaban J connectivity index is 1.75. The number of piperazine rings is 1. The largest absolute Gasteiger partial charge is 0.342 e. The van der Waals surface area contributed by atoms with Crippen LogP contribution in [-0.2, 0) is 9.59 Å². The van der Waals surface area contributed by atoms with E-state index >= 15 is 0 Å². The highest BCUT2D eigenvalue weighted by Gasteiger charge is 2.29. The first kappa shape index (κ1) is 17.3. The molecule has 1 heterocycles. The summed E-state index contributed by atoms with van der Waals surface area (Å²) in [5.41, 5.74) is 0. The van der Waals surface area contributed by atoms with Gasteiger partial charge in [0.1, 0.15) is 0 Å². The Hall–Kier alpha value is -1.10. The number of hydrogen-bond donors (Lipinski definition) is 0. The highest BCUT2D eigenvalue weighted by molar-refractivity contribution is 5.79. The van der Waals surface area contributed by atoms with Gasteiger partial charge in [0, 0.05) is 45.2 Å². The second-order valence-electron chi connectivity index (χ2n) is 6.50. The molecule has 0 spiro atoms. The standard InChI is InChI=1S/C17H31N3O2/c1-3-19(4-2)16(21)14-18-10-12-20(13-11-18)17(22)15-8-6-5-7-9-15/h15H,3-14H2,1-2H3. The van der Waals surface area contributed by atoms with Crippen LogP contribution in [0.25, 0.3) is 0 Å². The van der Waals surface area contributed by atoms with Gasteiger partial charge in [0.2, 0.25) is 11.8 Å². The molecule has 2 amide bonds. The zero-order valence-corrected chi connectivity index (χ0v) is 14.2. The lowest BCUT2D eigenvalue weighted by Gasteiger charge is -2.37. The van der Waals surface area contributed by atoms with Gasteiger partial charge in [-0.1, -0.05) is 19.3 Å². The summed E-state index contributed by atoms with van der Waals surface area (Å²) in [6.45, 7) is 9.28. The van der Waals surface area contributed by atoms with Gasteiger partial charge >= 0.3 is 0 Å². The zero-order chi connectivity index (χ0) is 15.9. The molecule has 1 saturated heterocycles.